The van der Waals surface area contributed by atoms with E-state index < -0.39 is 0 Å². The molecular weight excluding hydrogens is 226 g/mol. The van der Waals surface area contributed by atoms with Gasteiger partial charge in [-0.15, -0.1) is 0 Å². The van der Waals surface area contributed by atoms with Gasteiger partial charge in [0.1, 0.15) is 17.4 Å². The first-order chi connectivity index (χ1) is 8.79. The van der Waals surface area contributed by atoms with E-state index in [0.717, 1.165) is 28.8 Å². The van der Waals surface area contributed by atoms with E-state index in [4.69, 9.17) is 0 Å². The predicted molar refractivity (Wildman–Crippen MR) is 69.9 cm³/mol. The third-order valence-electron chi connectivity index (χ3n) is 2.99. The van der Waals surface area contributed by atoms with Crippen LogP contribution >= 0.6 is 0 Å². The van der Waals surface area contributed by atoms with E-state index in [1.54, 1.807) is 24.5 Å². The Kier molecular flexibility index (Phi) is 2.48. The van der Waals surface area contributed by atoms with Crippen LogP contribution in [0.1, 0.15) is 12.7 Å². The monoisotopic (exact) mass is 239 g/mol. The number of aromatic hydroxyl groups is 1. The first-order valence-corrected chi connectivity index (χ1v) is 5.90. The van der Waals surface area contributed by atoms with Gasteiger partial charge in [0.2, 0.25) is 0 Å². The molecule has 0 saturated heterocycles. The second-order valence-electron chi connectivity index (χ2n) is 4.11. The van der Waals surface area contributed by atoms with Crippen LogP contribution in [0, 0.1) is 0 Å². The first-order valence-electron chi connectivity index (χ1n) is 5.90. The van der Waals surface area contributed by atoms with E-state index in [2.05, 4.69) is 16.9 Å². The molecule has 0 bridgehead atoms. The van der Waals surface area contributed by atoms with Gasteiger partial charge in [-0.05, 0) is 23.6 Å². The normalized spacial score (nSPS) is 10.9. The number of pyridine rings is 1. The molecule has 1 N–H and O–H groups in total. The van der Waals surface area contributed by atoms with Crippen molar-refractivity contribution in [3.63, 3.8) is 0 Å². The smallest absolute Gasteiger partial charge is 0.146 e. The van der Waals surface area contributed by atoms with Gasteiger partial charge in [-0.25, -0.2) is 9.97 Å². The molecule has 0 atom stereocenters. The van der Waals surface area contributed by atoms with E-state index in [-0.39, 0.29) is 5.75 Å². The van der Waals surface area contributed by atoms with Crippen molar-refractivity contribution in [3.05, 3.63) is 48.7 Å². The largest absolute Gasteiger partial charge is 0.508 e. The Morgan fingerprint density at radius 2 is 2.06 bits per heavy atom. The molecule has 0 aliphatic heterocycles. The van der Waals surface area contributed by atoms with Crippen molar-refractivity contribution >= 4 is 10.8 Å². The molecular formula is C14H13N3O. The van der Waals surface area contributed by atoms with Gasteiger partial charge < -0.3 is 5.11 Å². The van der Waals surface area contributed by atoms with Gasteiger partial charge in [0.15, 0.2) is 0 Å². The van der Waals surface area contributed by atoms with Gasteiger partial charge in [0.05, 0.1) is 0 Å². The lowest BCUT2D eigenvalue weighted by Crippen LogP contribution is -2.02. The number of benzene rings is 1. The number of rotatable bonds is 2. The summed E-state index contributed by atoms with van der Waals surface area (Å²) in [7, 11) is 0. The number of hydrogen-bond acceptors (Lipinski definition) is 3. The summed E-state index contributed by atoms with van der Waals surface area (Å²) in [6.07, 6.45) is 6.27. The molecule has 18 heavy (non-hydrogen) atoms. The summed E-state index contributed by atoms with van der Waals surface area (Å²) in [5, 5.41) is 11.6. The summed E-state index contributed by atoms with van der Waals surface area (Å²) in [4.78, 5) is 8.71. The fourth-order valence-electron chi connectivity index (χ4n) is 2.12. The standard InChI is InChI=1S/C14H13N3O/c1-2-13-15-7-8-17(13)14-12-9-11(18)4-3-10(12)5-6-16-14/h3-9,18H,2H2,1H3. The number of aryl methyl sites for hydroxylation is 1. The summed E-state index contributed by atoms with van der Waals surface area (Å²) in [5.41, 5.74) is 0. The number of nitrogens with zero attached hydrogens (tertiary/aromatic N) is 3. The highest BCUT2D eigenvalue weighted by Crippen LogP contribution is 2.25. The number of fused-ring (bicyclic) bond motifs is 1. The summed E-state index contributed by atoms with van der Waals surface area (Å²) < 4.78 is 1.96. The van der Waals surface area contributed by atoms with Crippen molar-refractivity contribution in [1.82, 2.24) is 14.5 Å². The average molecular weight is 239 g/mol. The molecule has 0 amide bonds. The number of phenols is 1. The molecule has 4 heteroatoms. The van der Waals surface area contributed by atoms with Crippen LogP contribution in [-0.4, -0.2) is 19.6 Å². The van der Waals surface area contributed by atoms with Crippen molar-refractivity contribution in [2.45, 2.75) is 13.3 Å². The molecule has 0 radical (unpaired) electrons. The molecule has 0 aliphatic rings. The molecule has 0 saturated carbocycles. The number of aromatic nitrogens is 3. The maximum Gasteiger partial charge on any atom is 0.146 e. The molecule has 0 unspecified atom stereocenters. The SMILES string of the molecule is CCc1nccn1-c1nccc2ccc(O)cc12. The quantitative estimate of drug-likeness (QED) is 0.748. The average Bonchev–Trinajstić information content (AvgIpc) is 2.86. The third-order valence-corrected chi connectivity index (χ3v) is 2.99. The minimum absolute atomic E-state index is 0.245. The number of hydrogen-bond donors (Lipinski definition) is 1. The third kappa shape index (κ3) is 1.62. The molecule has 2 heterocycles. The fraction of sp³-hybridized carbons (Fsp3) is 0.143. The van der Waals surface area contributed by atoms with Crippen LogP contribution in [0.15, 0.2) is 42.9 Å². The van der Waals surface area contributed by atoms with Crippen LogP contribution in [-0.2, 0) is 6.42 Å². The Hall–Kier alpha value is -2.36. The van der Waals surface area contributed by atoms with E-state index in [9.17, 15) is 5.11 Å². The molecule has 2 aromatic heterocycles. The fourth-order valence-corrected chi connectivity index (χ4v) is 2.12. The Morgan fingerprint density at radius 3 is 2.89 bits per heavy atom. The van der Waals surface area contributed by atoms with Crippen molar-refractivity contribution in [3.8, 4) is 11.6 Å². The lowest BCUT2D eigenvalue weighted by molar-refractivity contribution is 0.476. The Bertz CT molecular complexity index is 703. The van der Waals surface area contributed by atoms with Gasteiger partial charge in [-0.3, -0.25) is 4.57 Å². The summed E-state index contributed by atoms with van der Waals surface area (Å²) in [6.45, 7) is 2.06. The molecule has 4 nitrogen and oxygen atoms in total. The Morgan fingerprint density at radius 1 is 1.17 bits per heavy atom. The lowest BCUT2D eigenvalue weighted by atomic mass is 10.1. The van der Waals surface area contributed by atoms with Crippen LogP contribution in [0.25, 0.3) is 16.6 Å². The molecule has 3 rings (SSSR count). The second-order valence-corrected chi connectivity index (χ2v) is 4.11. The number of imidazole rings is 1. The molecule has 0 spiro atoms. The van der Waals surface area contributed by atoms with Crippen molar-refractivity contribution in [1.29, 1.82) is 0 Å². The van der Waals surface area contributed by atoms with Crippen molar-refractivity contribution < 1.29 is 5.11 Å². The summed E-state index contributed by atoms with van der Waals surface area (Å²) >= 11 is 0. The van der Waals surface area contributed by atoms with Gasteiger partial charge in [-0.2, -0.15) is 0 Å². The molecule has 0 fully saturated rings. The van der Waals surface area contributed by atoms with Gasteiger partial charge in [-0.1, -0.05) is 13.0 Å². The highest BCUT2D eigenvalue weighted by Gasteiger charge is 2.08. The van der Waals surface area contributed by atoms with E-state index >= 15 is 0 Å². The van der Waals surface area contributed by atoms with Crippen molar-refractivity contribution in [2.24, 2.45) is 0 Å². The zero-order valence-corrected chi connectivity index (χ0v) is 10.0. The van der Waals surface area contributed by atoms with Gasteiger partial charge in [0, 0.05) is 30.4 Å². The summed E-state index contributed by atoms with van der Waals surface area (Å²) in [5.74, 6) is 2.01. The Balaban J connectivity index is 2.32. The first kappa shape index (κ1) is 10.8. The van der Waals surface area contributed by atoms with Gasteiger partial charge >= 0.3 is 0 Å². The van der Waals surface area contributed by atoms with E-state index in [1.165, 1.54) is 0 Å². The maximum atomic E-state index is 9.63. The predicted octanol–water partition coefficient (Wildman–Crippen LogP) is 2.69. The highest BCUT2D eigenvalue weighted by atomic mass is 16.3. The topological polar surface area (TPSA) is 50.9 Å². The maximum absolute atomic E-state index is 9.63. The summed E-state index contributed by atoms with van der Waals surface area (Å²) in [6, 6.07) is 7.23. The van der Waals surface area contributed by atoms with Crippen LogP contribution in [0.4, 0.5) is 0 Å². The zero-order valence-electron chi connectivity index (χ0n) is 10.0. The van der Waals surface area contributed by atoms with Gasteiger partial charge in [0.25, 0.3) is 0 Å². The van der Waals surface area contributed by atoms with Crippen LogP contribution in [0.3, 0.4) is 0 Å². The molecule has 0 aliphatic carbocycles. The highest BCUT2D eigenvalue weighted by molar-refractivity contribution is 5.89. The van der Waals surface area contributed by atoms with Crippen molar-refractivity contribution in [2.75, 3.05) is 0 Å². The minimum Gasteiger partial charge on any atom is -0.508 e. The molecule has 1 aromatic carbocycles. The lowest BCUT2D eigenvalue weighted by Gasteiger charge is -2.09. The Labute approximate surface area is 105 Å². The van der Waals surface area contributed by atoms with Crippen LogP contribution in [0.5, 0.6) is 5.75 Å². The van der Waals surface area contributed by atoms with Crippen LogP contribution in [0.2, 0.25) is 0 Å². The number of phenolic OH excluding ortho intramolecular Hbond substituents is 1. The zero-order chi connectivity index (χ0) is 12.5. The molecule has 3 aromatic rings. The second kappa shape index (κ2) is 4.14. The minimum atomic E-state index is 0.245. The van der Waals surface area contributed by atoms with Crippen LogP contribution < -0.4 is 0 Å². The van der Waals surface area contributed by atoms with E-state index in [1.807, 2.05) is 22.9 Å². The molecule has 90 valence electrons. The van der Waals surface area contributed by atoms with E-state index in [0.29, 0.717) is 0 Å².